The topological polar surface area (TPSA) is 49.8 Å². The number of hydrogen-bond donors (Lipinski definition) is 1. The van der Waals surface area contributed by atoms with Crippen molar-refractivity contribution in [1.29, 1.82) is 0 Å². The zero-order chi connectivity index (χ0) is 20.9. The van der Waals surface area contributed by atoms with E-state index in [0.29, 0.717) is 19.4 Å². The molecule has 1 aromatic heterocycles. The van der Waals surface area contributed by atoms with E-state index in [1.165, 1.54) is 0 Å². The number of benzene rings is 2. The number of carboxylic acid groups (broad SMARTS) is 1. The van der Waals surface area contributed by atoms with Crippen molar-refractivity contribution in [3.05, 3.63) is 87.1 Å². The van der Waals surface area contributed by atoms with Crippen molar-refractivity contribution in [2.75, 3.05) is 13.1 Å². The number of hydrogen-bond acceptors (Lipinski definition) is 4. The van der Waals surface area contributed by atoms with Gasteiger partial charge in [-0.3, -0.25) is 9.69 Å². The number of ether oxygens (including phenoxy) is 1. The molecule has 2 aromatic carbocycles. The monoisotopic (exact) mass is 441 g/mol. The number of piperidine rings is 1. The molecule has 156 valence electrons. The van der Waals surface area contributed by atoms with E-state index in [-0.39, 0.29) is 12.0 Å². The second kappa shape index (κ2) is 9.65. The molecule has 1 aliphatic heterocycles. The van der Waals surface area contributed by atoms with Crippen molar-refractivity contribution >= 4 is 28.9 Å². The van der Waals surface area contributed by atoms with Gasteiger partial charge in [-0.25, -0.2) is 0 Å². The van der Waals surface area contributed by atoms with Gasteiger partial charge in [0.05, 0.1) is 16.3 Å². The Morgan fingerprint density at radius 1 is 1.10 bits per heavy atom. The van der Waals surface area contributed by atoms with Crippen LogP contribution in [0.5, 0.6) is 5.75 Å². The number of rotatable bonds is 7. The zero-order valence-corrected chi connectivity index (χ0v) is 18.1. The van der Waals surface area contributed by atoms with Gasteiger partial charge in [0.2, 0.25) is 0 Å². The molecule has 0 radical (unpaired) electrons. The Kier molecular flexibility index (Phi) is 6.72. The van der Waals surface area contributed by atoms with Crippen LogP contribution in [0.2, 0.25) is 4.34 Å². The van der Waals surface area contributed by atoms with Crippen LogP contribution in [-0.4, -0.2) is 29.1 Å². The third-order valence-electron chi connectivity index (χ3n) is 5.53. The lowest BCUT2D eigenvalue weighted by atomic mass is 9.93. The molecule has 1 saturated heterocycles. The van der Waals surface area contributed by atoms with Crippen molar-refractivity contribution in [3.63, 3.8) is 0 Å². The Morgan fingerprint density at radius 3 is 2.53 bits per heavy atom. The highest BCUT2D eigenvalue weighted by atomic mass is 35.5. The standard InChI is InChI=1S/C24H24ClNO3S/c25-22-10-9-21(30-22)23(26-13-11-18(12-14-26)24(27)28)19-7-4-8-20(15-19)29-16-17-5-2-1-3-6-17/h1-10,15,18,23H,11-14,16H2,(H,27,28). The van der Waals surface area contributed by atoms with Gasteiger partial charge >= 0.3 is 5.97 Å². The fourth-order valence-corrected chi connectivity index (χ4v) is 5.17. The van der Waals surface area contributed by atoms with Crippen molar-refractivity contribution < 1.29 is 14.6 Å². The molecule has 4 nitrogen and oxygen atoms in total. The Labute approximate surface area is 185 Å². The van der Waals surface area contributed by atoms with Crippen LogP contribution < -0.4 is 4.74 Å². The molecule has 3 aromatic rings. The Hall–Kier alpha value is -2.34. The van der Waals surface area contributed by atoms with Crippen molar-refractivity contribution in [1.82, 2.24) is 4.90 Å². The summed E-state index contributed by atoms with van der Waals surface area (Å²) in [4.78, 5) is 14.9. The number of aliphatic carboxylic acids is 1. The first-order chi connectivity index (χ1) is 14.6. The second-order valence-corrected chi connectivity index (χ2v) is 9.29. The van der Waals surface area contributed by atoms with E-state index in [9.17, 15) is 9.90 Å². The molecule has 6 heteroatoms. The predicted molar refractivity (Wildman–Crippen MR) is 120 cm³/mol. The summed E-state index contributed by atoms with van der Waals surface area (Å²) in [6.07, 6.45) is 1.32. The van der Waals surface area contributed by atoms with Crippen LogP contribution in [-0.2, 0) is 11.4 Å². The number of halogens is 1. The number of likely N-dealkylation sites (tertiary alicyclic amines) is 1. The number of carbonyl (C=O) groups is 1. The van der Waals surface area contributed by atoms with E-state index < -0.39 is 5.97 Å². The van der Waals surface area contributed by atoms with E-state index in [1.54, 1.807) is 11.3 Å². The van der Waals surface area contributed by atoms with Gasteiger partial charge in [0.25, 0.3) is 0 Å². The highest BCUT2D eigenvalue weighted by molar-refractivity contribution is 7.16. The lowest BCUT2D eigenvalue weighted by Gasteiger charge is -2.36. The summed E-state index contributed by atoms with van der Waals surface area (Å²) >= 11 is 7.82. The van der Waals surface area contributed by atoms with E-state index in [4.69, 9.17) is 16.3 Å². The third kappa shape index (κ3) is 5.04. The fraction of sp³-hybridized carbons (Fsp3) is 0.292. The van der Waals surface area contributed by atoms with Gasteiger partial charge in [0.1, 0.15) is 12.4 Å². The highest BCUT2D eigenvalue weighted by Gasteiger charge is 2.31. The van der Waals surface area contributed by atoms with Crippen molar-refractivity contribution in [2.45, 2.75) is 25.5 Å². The summed E-state index contributed by atoms with van der Waals surface area (Å²) in [5, 5.41) is 9.34. The maximum absolute atomic E-state index is 11.4. The molecule has 1 fully saturated rings. The molecule has 0 amide bonds. The van der Waals surface area contributed by atoms with E-state index in [0.717, 1.165) is 39.2 Å². The maximum atomic E-state index is 11.4. The lowest BCUT2D eigenvalue weighted by Crippen LogP contribution is -2.39. The summed E-state index contributed by atoms with van der Waals surface area (Å²) in [6.45, 7) is 2.00. The zero-order valence-electron chi connectivity index (χ0n) is 16.5. The Morgan fingerprint density at radius 2 is 1.87 bits per heavy atom. The molecule has 0 bridgehead atoms. The van der Waals surface area contributed by atoms with Gasteiger partial charge in [-0.15, -0.1) is 11.3 Å². The quantitative estimate of drug-likeness (QED) is 0.498. The van der Waals surface area contributed by atoms with Gasteiger partial charge in [-0.2, -0.15) is 0 Å². The lowest BCUT2D eigenvalue weighted by molar-refractivity contribution is -0.143. The third-order valence-corrected chi connectivity index (χ3v) is 6.81. The molecule has 30 heavy (non-hydrogen) atoms. The molecule has 0 saturated carbocycles. The average molecular weight is 442 g/mol. The molecule has 1 N–H and O–H groups in total. The summed E-state index contributed by atoms with van der Waals surface area (Å²) in [7, 11) is 0. The first-order valence-electron chi connectivity index (χ1n) is 10.1. The Balaban J connectivity index is 1.56. The number of carboxylic acids is 1. The fourth-order valence-electron chi connectivity index (χ4n) is 3.95. The van der Waals surface area contributed by atoms with Crippen LogP contribution in [0.1, 0.15) is 34.9 Å². The molecule has 1 unspecified atom stereocenters. The molecule has 1 atom stereocenters. The largest absolute Gasteiger partial charge is 0.489 e. The number of nitrogens with zero attached hydrogens (tertiary/aromatic N) is 1. The second-order valence-electron chi connectivity index (χ2n) is 7.54. The molecular formula is C24H24ClNO3S. The van der Waals surface area contributed by atoms with Gasteiger partial charge in [0, 0.05) is 4.88 Å². The maximum Gasteiger partial charge on any atom is 0.306 e. The minimum absolute atomic E-state index is 0.0394. The highest BCUT2D eigenvalue weighted by Crippen LogP contribution is 2.38. The first kappa shape index (κ1) is 20.9. The normalized spacial score (nSPS) is 16.3. The molecule has 0 aliphatic carbocycles. The Bertz CT molecular complexity index is 983. The summed E-state index contributed by atoms with van der Waals surface area (Å²) in [5.74, 6) is -0.125. The SMILES string of the molecule is O=C(O)C1CCN(C(c2cccc(OCc3ccccc3)c2)c2ccc(Cl)s2)CC1. The van der Waals surface area contributed by atoms with Crippen LogP contribution in [0.4, 0.5) is 0 Å². The summed E-state index contributed by atoms with van der Waals surface area (Å²) in [6, 6.07) is 22.3. The molecule has 2 heterocycles. The predicted octanol–water partition coefficient (Wildman–Crippen LogP) is 5.87. The van der Waals surface area contributed by atoms with Gasteiger partial charge in [0.15, 0.2) is 0 Å². The van der Waals surface area contributed by atoms with Crippen LogP contribution in [0.3, 0.4) is 0 Å². The van der Waals surface area contributed by atoms with Gasteiger partial charge in [-0.05, 0) is 61.3 Å². The smallest absolute Gasteiger partial charge is 0.306 e. The molecule has 4 rings (SSSR count). The molecular weight excluding hydrogens is 418 g/mol. The minimum Gasteiger partial charge on any atom is -0.489 e. The van der Waals surface area contributed by atoms with Crippen LogP contribution in [0.25, 0.3) is 0 Å². The van der Waals surface area contributed by atoms with Crippen LogP contribution in [0, 0.1) is 5.92 Å². The first-order valence-corrected chi connectivity index (χ1v) is 11.3. The van der Waals surface area contributed by atoms with Crippen LogP contribution in [0.15, 0.2) is 66.7 Å². The summed E-state index contributed by atoms with van der Waals surface area (Å²) in [5.41, 5.74) is 2.26. The van der Waals surface area contributed by atoms with Crippen LogP contribution >= 0.6 is 22.9 Å². The number of thiophene rings is 1. The molecule has 0 spiro atoms. The summed E-state index contributed by atoms with van der Waals surface area (Å²) < 4.78 is 6.80. The van der Waals surface area contributed by atoms with Gasteiger partial charge < -0.3 is 9.84 Å². The minimum atomic E-state index is -0.693. The van der Waals surface area contributed by atoms with Gasteiger partial charge in [-0.1, -0.05) is 54.1 Å². The molecule has 1 aliphatic rings. The van der Waals surface area contributed by atoms with E-state index in [2.05, 4.69) is 23.1 Å². The van der Waals surface area contributed by atoms with E-state index in [1.807, 2.05) is 48.5 Å². The van der Waals surface area contributed by atoms with Crippen molar-refractivity contribution in [2.24, 2.45) is 5.92 Å². The van der Waals surface area contributed by atoms with Crippen molar-refractivity contribution in [3.8, 4) is 5.75 Å². The average Bonchev–Trinajstić information content (AvgIpc) is 3.19. The van der Waals surface area contributed by atoms with E-state index >= 15 is 0 Å².